The van der Waals surface area contributed by atoms with Crippen LogP contribution in [-0.4, -0.2) is 13.6 Å². The summed E-state index contributed by atoms with van der Waals surface area (Å²) in [5.74, 6) is -0.216. The molecule has 0 fully saturated rings. The molecule has 0 spiro atoms. The summed E-state index contributed by atoms with van der Waals surface area (Å²) in [5, 5.41) is 0. The van der Waals surface area contributed by atoms with Gasteiger partial charge in [-0.25, -0.2) is 4.39 Å². The summed E-state index contributed by atoms with van der Waals surface area (Å²) in [6.45, 7) is 1.27. The molecule has 0 amide bonds. The minimum Gasteiger partial charge on any atom is -0.370 e. The van der Waals surface area contributed by atoms with Gasteiger partial charge >= 0.3 is 0 Å². The van der Waals surface area contributed by atoms with Crippen LogP contribution in [-0.2, 0) is 13.0 Å². The van der Waals surface area contributed by atoms with Gasteiger partial charge in [-0.05, 0) is 48.4 Å². The fourth-order valence-electron chi connectivity index (χ4n) is 2.25. The number of hydrogen-bond acceptors (Lipinski definition) is 2. The lowest BCUT2D eigenvalue weighted by molar-refractivity contribution is 0.625. The molecule has 0 heterocycles. The molecule has 2 N–H and O–H groups in total. The van der Waals surface area contributed by atoms with E-state index in [1.54, 1.807) is 6.07 Å². The van der Waals surface area contributed by atoms with E-state index in [1.165, 1.54) is 11.6 Å². The Balaban J connectivity index is 2.25. The van der Waals surface area contributed by atoms with E-state index in [9.17, 15) is 4.39 Å². The monoisotopic (exact) mass is 336 g/mol. The zero-order valence-corrected chi connectivity index (χ0v) is 13.0. The molecular formula is C16H18BrFN2. The first kappa shape index (κ1) is 15.0. The highest BCUT2D eigenvalue weighted by Crippen LogP contribution is 2.25. The molecule has 0 aromatic heterocycles. The molecule has 2 rings (SSSR count). The molecule has 0 radical (unpaired) electrons. The first-order valence-corrected chi connectivity index (χ1v) is 7.34. The van der Waals surface area contributed by atoms with Crippen LogP contribution in [0.1, 0.15) is 11.1 Å². The molecule has 20 heavy (non-hydrogen) atoms. The summed E-state index contributed by atoms with van der Waals surface area (Å²) in [6, 6.07) is 13.0. The van der Waals surface area contributed by atoms with Crippen molar-refractivity contribution in [3.8, 4) is 0 Å². The molecule has 0 saturated carbocycles. The molecule has 2 aromatic carbocycles. The van der Waals surface area contributed by atoms with Crippen molar-refractivity contribution >= 4 is 21.6 Å². The molecule has 0 aliphatic carbocycles. The predicted octanol–water partition coefficient (Wildman–Crippen LogP) is 3.73. The van der Waals surface area contributed by atoms with Crippen molar-refractivity contribution < 1.29 is 4.39 Å². The Bertz CT molecular complexity index is 586. The van der Waals surface area contributed by atoms with E-state index in [4.69, 9.17) is 5.73 Å². The molecule has 0 unspecified atom stereocenters. The maximum atomic E-state index is 13.4. The largest absolute Gasteiger partial charge is 0.370 e. The molecule has 0 saturated heterocycles. The van der Waals surface area contributed by atoms with Crippen LogP contribution >= 0.6 is 15.9 Å². The number of halogens is 2. The quantitative estimate of drug-likeness (QED) is 0.901. The first-order valence-electron chi connectivity index (χ1n) is 6.55. The average Bonchev–Trinajstić information content (AvgIpc) is 2.42. The van der Waals surface area contributed by atoms with Gasteiger partial charge in [-0.2, -0.15) is 0 Å². The van der Waals surface area contributed by atoms with Gasteiger partial charge in [-0.15, -0.1) is 0 Å². The van der Waals surface area contributed by atoms with E-state index in [1.807, 2.05) is 31.3 Å². The number of rotatable bonds is 5. The van der Waals surface area contributed by atoms with E-state index in [-0.39, 0.29) is 5.82 Å². The van der Waals surface area contributed by atoms with Gasteiger partial charge in [0.25, 0.3) is 0 Å². The van der Waals surface area contributed by atoms with Gasteiger partial charge in [-0.3, -0.25) is 0 Å². The zero-order chi connectivity index (χ0) is 14.5. The fraction of sp³-hybridized carbons (Fsp3) is 0.250. The maximum Gasteiger partial charge on any atom is 0.123 e. The summed E-state index contributed by atoms with van der Waals surface area (Å²) in [6.07, 6.45) is 0.674. The van der Waals surface area contributed by atoms with Crippen LogP contribution in [0.2, 0.25) is 0 Å². The molecule has 0 aliphatic heterocycles. The average molecular weight is 337 g/mol. The van der Waals surface area contributed by atoms with Gasteiger partial charge in [0.1, 0.15) is 5.82 Å². The standard InChI is InChI=1S/C16H18BrFN2/c1-20(11-13-4-2-3-5-15(13)17)16-7-6-14(18)10-12(16)8-9-19/h2-7,10H,8-9,11,19H2,1H3. The van der Waals surface area contributed by atoms with E-state index in [0.29, 0.717) is 13.0 Å². The molecule has 4 heteroatoms. The van der Waals surface area contributed by atoms with E-state index >= 15 is 0 Å². The second-order valence-corrected chi connectivity index (χ2v) is 5.61. The topological polar surface area (TPSA) is 29.3 Å². The normalized spacial score (nSPS) is 10.6. The van der Waals surface area contributed by atoms with Crippen molar-refractivity contribution in [2.75, 3.05) is 18.5 Å². The van der Waals surface area contributed by atoms with Crippen LogP contribution in [0, 0.1) is 5.82 Å². The van der Waals surface area contributed by atoms with Crippen LogP contribution in [0.5, 0.6) is 0 Å². The van der Waals surface area contributed by atoms with Gasteiger partial charge in [-0.1, -0.05) is 34.1 Å². The first-order chi connectivity index (χ1) is 9.61. The lowest BCUT2D eigenvalue weighted by atomic mass is 10.1. The molecule has 0 atom stereocenters. The Hall–Kier alpha value is -1.39. The Morgan fingerprint density at radius 3 is 2.60 bits per heavy atom. The van der Waals surface area contributed by atoms with Gasteiger partial charge in [0.2, 0.25) is 0 Å². The molecule has 106 valence electrons. The van der Waals surface area contributed by atoms with Crippen molar-refractivity contribution in [2.24, 2.45) is 5.73 Å². The van der Waals surface area contributed by atoms with Gasteiger partial charge in [0.05, 0.1) is 0 Å². The second kappa shape index (κ2) is 6.86. The second-order valence-electron chi connectivity index (χ2n) is 4.76. The summed E-state index contributed by atoms with van der Waals surface area (Å²) >= 11 is 3.55. The third kappa shape index (κ3) is 3.58. The SMILES string of the molecule is CN(Cc1ccccc1Br)c1ccc(F)cc1CCN. The Morgan fingerprint density at radius 1 is 1.15 bits per heavy atom. The summed E-state index contributed by atoms with van der Waals surface area (Å²) in [5.41, 5.74) is 8.77. The summed E-state index contributed by atoms with van der Waals surface area (Å²) < 4.78 is 14.4. The van der Waals surface area contributed by atoms with E-state index in [0.717, 1.165) is 22.3 Å². The lowest BCUT2D eigenvalue weighted by Gasteiger charge is -2.23. The molecule has 2 aromatic rings. The van der Waals surface area contributed by atoms with Crippen LogP contribution in [0.15, 0.2) is 46.9 Å². The third-order valence-electron chi connectivity index (χ3n) is 3.23. The van der Waals surface area contributed by atoms with Gasteiger partial charge in [0, 0.05) is 23.8 Å². The third-order valence-corrected chi connectivity index (χ3v) is 4.01. The smallest absolute Gasteiger partial charge is 0.123 e. The Kier molecular flexibility index (Phi) is 5.15. The molecule has 0 aliphatic rings. The van der Waals surface area contributed by atoms with Crippen molar-refractivity contribution in [1.82, 2.24) is 0 Å². The predicted molar refractivity (Wildman–Crippen MR) is 85.4 cm³/mol. The van der Waals surface area contributed by atoms with Crippen molar-refractivity contribution in [1.29, 1.82) is 0 Å². The molecule has 0 bridgehead atoms. The van der Waals surface area contributed by atoms with Crippen molar-refractivity contribution in [3.63, 3.8) is 0 Å². The van der Waals surface area contributed by atoms with Gasteiger partial charge < -0.3 is 10.6 Å². The minimum atomic E-state index is -0.216. The number of nitrogens with two attached hydrogens (primary N) is 1. The van der Waals surface area contributed by atoms with Gasteiger partial charge in [0.15, 0.2) is 0 Å². The van der Waals surface area contributed by atoms with Crippen molar-refractivity contribution in [2.45, 2.75) is 13.0 Å². The van der Waals surface area contributed by atoms with Crippen LogP contribution in [0.3, 0.4) is 0 Å². The minimum absolute atomic E-state index is 0.216. The highest BCUT2D eigenvalue weighted by Gasteiger charge is 2.10. The van der Waals surface area contributed by atoms with Crippen LogP contribution in [0.4, 0.5) is 10.1 Å². The highest BCUT2D eigenvalue weighted by atomic mass is 79.9. The Morgan fingerprint density at radius 2 is 1.90 bits per heavy atom. The van der Waals surface area contributed by atoms with Crippen LogP contribution < -0.4 is 10.6 Å². The zero-order valence-electron chi connectivity index (χ0n) is 11.4. The maximum absolute atomic E-state index is 13.4. The number of hydrogen-bond donors (Lipinski definition) is 1. The number of anilines is 1. The lowest BCUT2D eigenvalue weighted by Crippen LogP contribution is -2.19. The highest BCUT2D eigenvalue weighted by molar-refractivity contribution is 9.10. The van der Waals surface area contributed by atoms with E-state index in [2.05, 4.69) is 26.9 Å². The number of benzene rings is 2. The molecule has 2 nitrogen and oxygen atoms in total. The fourth-order valence-corrected chi connectivity index (χ4v) is 2.66. The summed E-state index contributed by atoms with van der Waals surface area (Å²) in [7, 11) is 2.01. The van der Waals surface area contributed by atoms with Crippen LogP contribution in [0.25, 0.3) is 0 Å². The summed E-state index contributed by atoms with van der Waals surface area (Å²) in [4.78, 5) is 2.12. The Labute approximate surface area is 127 Å². The molecular weight excluding hydrogens is 319 g/mol. The number of nitrogens with zero attached hydrogens (tertiary/aromatic N) is 1. The van der Waals surface area contributed by atoms with E-state index < -0.39 is 0 Å². The van der Waals surface area contributed by atoms with Crippen molar-refractivity contribution in [3.05, 3.63) is 63.9 Å².